The zero-order chi connectivity index (χ0) is 17.9. The van der Waals surface area contributed by atoms with Crippen LogP contribution in [0.3, 0.4) is 0 Å². The Morgan fingerprint density at radius 1 is 1.44 bits per heavy atom. The van der Waals surface area contributed by atoms with E-state index in [1.165, 1.54) is 15.9 Å². The van der Waals surface area contributed by atoms with E-state index in [-0.39, 0.29) is 11.6 Å². The van der Waals surface area contributed by atoms with Crippen LogP contribution >= 0.6 is 11.3 Å². The third-order valence-corrected chi connectivity index (χ3v) is 5.97. The van der Waals surface area contributed by atoms with Crippen molar-refractivity contribution < 1.29 is 9.50 Å². The summed E-state index contributed by atoms with van der Waals surface area (Å²) in [7, 11) is 0. The zero-order valence-corrected chi connectivity index (χ0v) is 14.4. The number of aromatic amines is 1. The van der Waals surface area contributed by atoms with Gasteiger partial charge < -0.3 is 10.8 Å². The molecular formula is C17H18FN3O3S. The summed E-state index contributed by atoms with van der Waals surface area (Å²) in [5.41, 5.74) is 5.39. The van der Waals surface area contributed by atoms with Gasteiger partial charge in [-0.25, -0.2) is 9.18 Å². The SMILES string of the molecule is CC1c2c(c(=O)[nH]c(=O)n2C2CC2)C(O)=C(F)C1c1csc(CN)c1. The highest BCUT2D eigenvalue weighted by Crippen LogP contribution is 2.49. The van der Waals surface area contributed by atoms with Gasteiger partial charge in [-0.05, 0) is 29.9 Å². The van der Waals surface area contributed by atoms with Crippen LogP contribution in [-0.4, -0.2) is 14.7 Å². The average molecular weight is 363 g/mol. The molecule has 0 aliphatic heterocycles. The quantitative estimate of drug-likeness (QED) is 0.780. The summed E-state index contributed by atoms with van der Waals surface area (Å²) in [6, 6.07) is 1.81. The summed E-state index contributed by atoms with van der Waals surface area (Å²) in [6.07, 6.45) is 1.66. The van der Waals surface area contributed by atoms with Crippen LogP contribution in [-0.2, 0) is 6.54 Å². The first kappa shape index (κ1) is 16.3. The van der Waals surface area contributed by atoms with Gasteiger partial charge >= 0.3 is 5.69 Å². The lowest BCUT2D eigenvalue weighted by molar-refractivity contribution is 0.405. The van der Waals surface area contributed by atoms with Crippen LogP contribution in [0.25, 0.3) is 5.76 Å². The summed E-state index contributed by atoms with van der Waals surface area (Å²) < 4.78 is 16.5. The molecule has 132 valence electrons. The van der Waals surface area contributed by atoms with Crippen molar-refractivity contribution in [2.24, 2.45) is 5.73 Å². The predicted molar refractivity (Wildman–Crippen MR) is 93.6 cm³/mol. The molecule has 2 aromatic heterocycles. The van der Waals surface area contributed by atoms with E-state index >= 15 is 0 Å². The number of nitrogens with zero attached hydrogens (tertiary/aromatic N) is 1. The largest absolute Gasteiger partial charge is 0.504 e. The van der Waals surface area contributed by atoms with Gasteiger partial charge in [0.15, 0.2) is 11.6 Å². The third-order valence-electron chi connectivity index (χ3n) is 5.00. The van der Waals surface area contributed by atoms with Crippen LogP contribution in [0, 0.1) is 0 Å². The van der Waals surface area contributed by atoms with E-state index in [0.29, 0.717) is 17.8 Å². The van der Waals surface area contributed by atoms with Crippen LogP contribution in [0.2, 0.25) is 0 Å². The van der Waals surface area contributed by atoms with Crippen molar-refractivity contribution >= 4 is 17.1 Å². The monoisotopic (exact) mass is 363 g/mol. The molecule has 6 nitrogen and oxygen atoms in total. The maximum absolute atomic E-state index is 15.0. The molecule has 25 heavy (non-hydrogen) atoms. The number of halogens is 1. The molecule has 2 unspecified atom stereocenters. The number of hydrogen-bond acceptors (Lipinski definition) is 5. The number of aliphatic hydroxyl groups excluding tert-OH is 1. The standard InChI is InChI=1S/C17H18FN3O3S/c1-7-11(8-4-10(5-19)25-6-8)13(18)15(22)12-14(7)21(9-2-3-9)17(24)20-16(12)23/h4,6-7,9,11,22H,2-3,5,19H2,1H3,(H,20,23,24). The van der Waals surface area contributed by atoms with Crippen LogP contribution < -0.4 is 17.0 Å². The zero-order valence-electron chi connectivity index (χ0n) is 13.6. The topological polar surface area (TPSA) is 101 Å². The molecule has 2 aromatic rings. The molecule has 2 aliphatic rings. The van der Waals surface area contributed by atoms with Crippen LogP contribution in [0.4, 0.5) is 4.39 Å². The highest BCUT2D eigenvalue weighted by molar-refractivity contribution is 7.10. The van der Waals surface area contributed by atoms with Crippen molar-refractivity contribution in [3.8, 4) is 0 Å². The minimum absolute atomic E-state index is 0.00256. The van der Waals surface area contributed by atoms with E-state index in [1.807, 2.05) is 11.4 Å². The molecule has 0 bridgehead atoms. The number of aromatic nitrogens is 2. The van der Waals surface area contributed by atoms with E-state index in [0.717, 1.165) is 17.7 Å². The van der Waals surface area contributed by atoms with Crippen molar-refractivity contribution in [3.63, 3.8) is 0 Å². The lowest BCUT2D eigenvalue weighted by Crippen LogP contribution is -2.38. The first-order chi connectivity index (χ1) is 11.9. The number of hydrogen-bond donors (Lipinski definition) is 3. The van der Waals surface area contributed by atoms with E-state index in [4.69, 9.17) is 5.73 Å². The molecule has 4 N–H and O–H groups in total. The van der Waals surface area contributed by atoms with Gasteiger partial charge in [0.25, 0.3) is 5.56 Å². The Labute approximate surface area is 146 Å². The van der Waals surface area contributed by atoms with Crippen molar-refractivity contribution in [2.75, 3.05) is 0 Å². The van der Waals surface area contributed by atoms with Crippen molar-refractivity contribution in [2.45, 2.75) is 44.2 Å². The molecule has 2 aliphatic carbocycles. The molecule has 0 amide bonds. The van der Waals surface area contributed by atoms with Crippen molar-refractivity contribution in [1.82, 2.24) is 9.55 Å². The summed E-state index contributed by atoms with van der Waals surface area (Å²) in [5.74, 6) is -2.61. The smallest absolute Gasteiger partial charge is 0.328 e. The molecule has 0 aromatic carbocycles. The Morgan fingerprint density at radius 2 is 2.16 bits per heavy atom. The molecule has 0 radical (unpaired) electrons. The Kier molecular flexibility index (Phi) is 3.69. The molecule has 0 saturated heterocycles. The summed E-state index contributed by atoms with van der Waals surface area (Å²) in [4.78, 5) is 27.7. The van der Waals surface area contributed by atoms with Crippen LogP contribution in [0.1, 0.15) is 59.3 Å². The lowest BCUT2D eigenvalue weighted by Gasteiger charge is -2.31. The first-order valence-electron chi connectivity index (χ1n) is 8.19. The highest BCUT2D eigenvalue weighted by Gasteiger charge is 2.41. The van der Waals surface area contributed by atoms with E-state index in [1.54, 1.807) is 6.92 Å². The van der Waals surface area contributed by atoms with Gasteiger partial charge in [0.2, 0.25) is 0 Å². The number of nitrogens with one attached hydrogen (secondary N) is 1. The fraction of sp³-hybridized carbons (Fsp3) is 0.412. The fourth-order valence-corrected chi connectivity index (χ4v) is 4.49. The second kappa shape index (κ2) is 5.67. The maximum Gasteiger partial charge on any atom is 0.328 e. The number of nitrogens with two attached hydrogens (primary N) is 1. The van der Waals surface area contributed by atoms with E-state index in [2.05, 4.69) is 4.98 Å². The van der Waals surface area contributed by atoms with Gasteiger partial charge in [0.05, 0.1) is 0 Å². The van der Waals surface area contributed by atoms with Crippen molar-refractivity contribution in [3.05, 3.63) is 59.8 Å². The number of fused-ring (bicyclic) bond motifs is 1. The molecule has 4 rings (SSSR count). The number of H-pyrrole nitrogens is 1. The normalized spacial score (nSPS) is 23.0. The first-order valence-corrected chi connectivity index (χ1v) is 9.07. The van der Waals surface area contributed by atoms with Crippen molar-refractivity contribution in [1.29, 1.82) is 0 Å². The minimum Gasteiger partial charge on any atom is -0.504 e. The highest BCUT2D eigenvalue weighted by atomic mass is 32.1. The molecule has 1 fully saturated rings. The Bertz CT molecular complexity index is 999. The van der Waals surface area contributed by atoms with E-state index < -0.39 is 34.7 Å². The summed E-state index contributed by atoms with van der Waals surface area (Å²) >= 11 is 1.43. The second-order valence-corrected chi connectivity index (χ2v) is 7.63. The predicted octanol–water partition coefficient (Wildman–Crippen LogP) is 2.49. The molecule has 2 heterocycles. The molecule has 8 heteroatoms. The third kappa shape index (κ3) is 2.39. The van der Waals surface area contributed by atoms with Gasteiger partial charge in [-0.3, -0.25) is 14.3 Å². The van der Waals surface area contributed by atoms with Gasteiger partial charge in [-0.1, -0.05) is 6.92 Å². The Balaban J connectivity index is 1.97. The molecular weight excluding hydrogens is 345 g/mol. The molecule has 1 saturated carbocycles. The number of thiophene rings is 1. The van der Waals surface area contributed by atoms with Gasteiger partial charge in [-0.15, -0.1) is 11.3 Å². The summed E-state index contributed by atoms with van der Waals surface area (Å²) in [6.45, 7) is 2.14. The fourth-order valence-electron chi connectivity index (χ4n) is 3.68. The molecule has 2 atom stereocenters. The average Bonchev–Trinajstić information content (AvgIpc) is 3.29. The molecule has 0 spiro atoms. The Hall–Kier alpha value is -2.19. The maximum atomic E-state index is 15.0. The van der Waals surface area contributed by atoms with Crippen LogP contribution in [0.5, 0.6) is 0 Å². The number of aliphatic hydroxyl groups is 1. The number of rotatable bonds is 3. The van der Waals surface area contributed by atoms with Gasteiger partial charge in [-0.2, -0.15) is 0 Å². The minimum atomic E-state index is -0.747. The van der Waals surface area contributed by atoms with Crippen LogP contribution in [0.15, 0.2) is 26.9 Å². The van der Waals surface area contributed by atoms with E-state index in [9.17, 15) is 19.1 Å². The second-order valence-electron chi connectivity index (χ2n) is 6.63. The van der Waals surface area contributed by atoms with Gasteiger partial charge in [0.1, 0.15) is 5.56 Å². The Morgan fingerprint density at radius 3 is 2.76 bits per heavy atom. The van der Waals surface area contributed by atoms with Gasteiger partial charge in [0, 0.05) is 35.0 Å². The lowest BCUT2D eigenvalue weighted by atomic mass is 9.78. The summed E-state index contributed by atoms with van der Waals surface area (Å²) in [5, 5.41) is 12.2. The number of allylic oxidation sites excluding steroid dienone is 1.